The Morgan fingerprint density at radius 3 is 1.29 bits per heavy atom. The monoisotopic (exact) mass is 348 g/mol. The van der Waals surface area contributed by atoms with Crippen LogP contribution in [0, 0.1) is 0 Å². The fraction of sp³-hybridized carbons (Fsp3) is 0.438. The average Bonchev–Trinajstić information content (AvgIpc) is 2.40. The van der Waals surface area contributed by atoms with E-state index in [4.69, 9.17) is 20.4 Å². The number of aliphatic hydroxyl groups excluding tert-OH is 1. The van der Waals surface area contributed by atoms with Crippen LogP contribution in [0.1, 0.15) is 40.5 Å². The van der Waals surface area contributed by atoms with Gasteiger partial charge in [0.15, 0.2) is 6.29 Å². The van der Waals surface area contributed by atoms with Crippen LogP contribution in [-0.4, -0.2) is 44.6 Å². The molecule has 0 saturated heterocycles. The van der Waals surface area contributed by atoms with Crippen LogP contribution in [-0.2, 0) is 19.1 Å². The lowest BCUT2D eigenvalue weighted by Gasteiger charge is -1.94. The first-order valence-electron chi connectivity index (χ1n) is 6.75. The van der Waals surface area contributed by atoms with Gasteiger partial charge in [-0.05, 0) is 20.3 Å². The van der Waals surface area contributed by atoms with Crippen LogP contribution in [0.2, 0.25) is 0 Å². The van der Waals surface area contributed by atoms with Gasteiger partial charge in [-0.1, -0.05) is 33.1 Å². The van der Waals surface area contributed by atoms with Crippen LogP contribution in [0.5, 0.6) is 0 Å². The summed E-state index contributed by atoms with van der Waals surface area (Å²) in [4.78, 5) is 28.9. The zero-order valence-electron chi connectivity index (χ0n) is 14.6. The van der Waals surface area contributed by atoms with E-state index in [1.54, 1.807) is 0 Å². The normalized spacial score (nSPS) is 7.96. The molecule has 0 aromatic rings. The number of carboxylic acid groups (broad SMARTS) is 2. The van der Waals surface area contributed by atoms with Gasteiger partial charge >= 0.3 is 17.9 Å². The molecule has 0 aromatic carbocycles. The topological polar surface area (TPSA) is 141 Å². The molecule has 0 bridgehead atoms. The number of hydrogen-bond acceptors (Lipinski definition) is 6. The maximum atomic E-state index is 9.75. The molecule has 0 spiro atoms. The summed E-state index contributed by atoms with van der Waals surface area (Å²) < 4.78 is 4.17. The molecule has 24 heavy (non-hydrogen) atoms. The number of ether oxygens (including phenoxy) is 1. The Bertz CT molecular complexity index is 362. The average molecular weight is 348 g/mol. The zero-order chi connectivity index (χ0) is 20.3. The minimum Gasteiger partial charge on any atom is -0.478 e. The molecule has 0 saturated carbocycles. The van der Waals surface area contributed by atoms with Crippen LogP contribution in [0.25, 0.3) is 0 Å². The summed E-state index contributed by atoms with van der Waals surface area (Å²) >= 11 is 0. The van der Waals surface area contributed by atoms with Gasteiger partial charge in [-0.2, -0.15) is 0 Å². The largest absolute Gasteiger partial charge is 0.478 e. The van der Waals surface area contributed by atoms with Gasteiger partial charge in [0.2, 0.25) is 0 Å². The van der Waals surface area contributed by atoms with Crippen molar-refractivity contribution in [2.45, 2.75) is 46.8 Å². The predicted octanol–water partition coefficient (Wildman–Crippen LogP) is 2.08. The van der Waals surface area contributed by atoms with E-state index < -0.39 is 18.2 Å². The van der Waals surface area contributed by atoms with Crippen LogP contribution in [0.4, 0.5) is 0 Å². The number of carbonyl (C=O) groups is 3. The molecule has 0 radical (unpaired) electrons. The lowest BCUT2D eigenvalue weighted by molar-refractivity contribution is -0.135. The Morgan fingerprint density at radius 1 is 1.00 bits per heavy atom. The second-order valence-corrected chi connectivity index (χ2v) is 4.22. The molecule has 8 nitrogen and oxygen atoms in total. The molecule has 4 N–H and O–H groups in total. The van der Waals surface area contributed by atoms with Gasteiger partial charge in [0, 0.05) is 18.1 Å². The van der Waals surface area contributed by atoms with Crippen molar-refractivity contribution in [1.29, 1.82) is 0 Å². The maximum Gasteiger partial charge on any atom is 0.330 e. The molecule has 140 valence electrons. The third-order valence-corrected chi connectivity index (χ3v) is 1.53. The lowest BCUT2D eigenvalue weighted by atomic mass is 10.3. The fourth-order valence-corrected chi connectivity index (χ4v) is 0.376. The molecule has 0 rings (SSSR count). The van der Waals surface area contributed by atoms with Gasteiger partial charge in [-0.3, -0.25) is 4.79 Å². The number of carbonyl (C=O) groups excluding carboxylic acids is 1. The lowest BCUT2D eigenvalue weighted by Crippen LogP contribution is -2.01. The quantitative estimate of drug-likeness (QED) is 0.256. The van der Waals surface area contributed by atoms with Crippen LogP contribution >= 0.6 is 0 Å². The summed E-state index contributed by atoms with van der Waals surface area (Å²) in [6, 6.07) is 0. The van der Waals surface area contributed by atoms with Gasteiger partial charge in [0.1, 0.15) is 0 Å². The standard InChI is InChI=1S/3C4H6O2.C4H10O2/c1-3-6-4(2)5;2*1-3(2)4(5)6;1-2-3-4(5)6/h3H,1H2,2H3;2*1H2,2H3,(H,5,6);4-6H,2-3H2,1H3. The second-order valence-electron chi connectivity index (χ2n) is 4.22. The molecule has 0 aliphatic heterocycles. The molecule has 0 fully saturated rings. The molecular weight excluding hydrogens is 320 g/mol. The van der Waals surface area contributed by atoms with Crippen LogP contribution in [0.15, 0.2) is 37.1 Å². The number of aliphatic carboxylic acids is 2. The molecule has 0 aromatic heterocycles. The minimum absolute atomic E-state index is 0.176. The predicted molar refractivity (Wildman–Crippen MR) is 90.0 cm³/mol. The Kier molecular flexibility index (Phi) is 25.3. The third-order valence-electron chi connectivity index (χ3n) is 1.53. The second kappa shape index (κ2) is 20.6. The van der Waals surface area contributed by atoms with Gasteiger partial charge < -0.3 is 25.2 Å². The van der Waals surface area contributed by atoms with Crippen molar-refractivity contribution < 1.29 is 39.5 Å². The summed E-state index contributed by atoms with van der Waals surface area (Å²) in [7, 11) is 0. The summed E-state index contributed by atoms with van der Waals surface area (Å²) in [5, 5.41) is 32.0. The van der Waals surface area contributed by atoms with Crippen LogP contribution in [0.3, 0.4) is 0 Å². The van der Waals surface area contributed by atoms with E-state index >= 15 is 0 Å². The molecule has 0 aliphatic rings. The van der Waals surface area contributed by atoms with Gasteiger partial charge in [-0.15, -0.1) is 0 Å². The van der Waals surface area contributed by atoms with E-state index in [1.807, 2.05) is 6.92 Å². The zero-order valence-corrected chi connectivity index (χ0v) is 14.6. The maximum absolute atomic E-state index is 9.75. The number of aliphatic hydroxyl groups is 2. The SMILES string of the molecule is C=C(C)C(=O)O.C=C(C)C(=O)O.C=COC(C)=O.CCCC(O)O. The highest BCUT2D eigenvalue weighted by molar-refractivity contribution is 5.85. The number of hydrogen-bond donors (Lipinski definition) is 4. The Balaban J connectivity index is -0.000000111. The highest BCUT2D eigenvalue weighted by Gasteiger charge is 1.91. The molecule has 0 unspecified atom stereocenters. The van der Waals surface area contributed by atoms with Crippen molar-refractivity contribution in [3.05, 3.63) is 37.1 Å². The summed E-state index contributed by atoms with van der Waals surface area (Å²) in [5.41, 5.74) is 0.352. The number of rotatable bonds is 5. The highest BCUT2D eigenvalue weighted by Crippen LogP contribution is 1.88. The van der Waals surface area contributed by atoms with E-state index in [0.29, 0.717) is 6.42 Å². The molecule has 0 atom stereocenters. The molecule has 0 amide bonds. The summed E-state index contributed by atoms with van der Waals surface area (Å²) in [6.45, 7) is 15.6. The number of esters is 1. The van der Waals surface area contributed by atoms with Crippen molar-refractivity contribution in [1.82, 2.24) is 0 Å². The summed E-state index contributed by atoms with van der Waals surface area (Å²) in [5.74, 6) is -2.20. The Morgan fingerprint density at radius 2 is 1.29 bits per heavy atom. The highest BCUT2D eigenvalue weighted by atomic mass is 16.5. The fourth-order valence-electron chi connectivity index (χ4n) is 0.376. The molecule has 8 heteroatoms. The molecular formula is C16H28O8. The molecule has 0 aliphatic carbocycles. The van der Waals surface area contributed by atoms with Gasteiger partial charge in [0.25, 0.3) is 0 Å². The van der Waals surface area contributed by atoms with E-state index in [9.17, 15) is 14.4 Å². The minimum atomic E-state index is -1.10. The summed E-state index contributed by atoms with van der Waals surface area (Å²) in [6.07, 6.45) is 1.31. The van der Waals surface area contributed by atoms with E-state index in [2.05, 4.69) is 24.5 Å². The first-order valence-corrected chi connectivity index (χ1v) is 6.75. The van der Waals surface area contributed by atoms with Crippen molar-refractivity contribution in [2.24, 2.45) is 0 Å². The smallest absolute Gasteiger partial charge is 0.330 e. The Labute approximate surface area is 142 Å². The molecule has 0 heterocycles. The van der Waals surface area contributed by atoms with Gasteiger partial charge in [0.05, 0.1) is 6.26 Å². The van der Waals surface area contributed by atoms with Crippen molar-refractivity contribution in [3.8, 4) is 0 Å². The number of carboxylic acids is 2. The van der Waals surface area contributed by atoms with E-state index in [-0.39, 0.29) is 17.1 Å². The first kappa shape index (κ1) is 29.5. The van der Waals surface area contributed by atoms with E-state index in [1.165, 1.54) is 20.8 Å². The Hall–Kier alpha value is -2.45. The van der Waals surface area contributed by atoms with E-state index in [0.717, 1.165) is 12.7 Å². The third kappa shape index (κ3) is 50.4. The van der Waals surface area contributed by atoms with Crippen molar-refractivity contribution in [3.63, 3.8) is 0 Å². The van der Waals surface area contributed by atoms with Gasteiger partial charge in [-0.25, -0.2) is 9.59 Å². The van der Waals surface area contributed by atoms with Crippen LogP contribution < -0.4 is 0 Å². The van der Waals surface area contributed by atoms with Crippen molar-refractivity contribution in [2.75, 3.05) is 0 Å². The van der Waals surface area contributed by atoms with Crippen molar-refractivity contribution >= 4 is 17.9 Å². The first-order chi connectivity index (χ1) is 10.8.